The SMILES string of the molecule is CCN(CN)CC(C)S(C)(=O)=O. The van der Waals surface area contributed by atoms with Crippen LogP contribution >= 0.6 is 0 Å². The van der Waals surface area contributed by atoms with Crippen molar-refractivity contribution in [3.8, 4) is 0 Å². The summed E-state index contributed by atoms with van der Waals surface area (Å²) in [5.74, 6) is 0. The monoisotopic (exact) mass is 194 g/mol. The van der Waals surface area contributed by atoms with Crippen LogP contribution in [0.5, 0.6) is 0 Å². The molecule has 0 aliphatic carbocycles. The van der Waals surface area contributed by atoms with Gasteiger partial charge in [-0.05, 0) is 13.5 Å². The molecule has 74 valence electrons. The minimum absolute atomic E-state index is 0.332. The number of nitrogens with zero attached hydrogens (tertiary/aromatic N) is 1. The van der Waals surface area contributed by atoms with Crippen molar-refractivity contribution in [1.29, 1.82) is 0 Å². The van der Waals surface area contributed by atoms with Gasteiger partial charge in [-0.3, -0.25) is 4.90 Å². The fourth-order valence-corrected chi connectivity index (χ4v) is 1.31. The largest absolute Gasteiger partial charge is 0.318 e. The Morgan fingerprint density at radius 1 is 1.50 bits per heavy atom. The Morgan fingerprint density at radius 2 is 2.00 bits per heavy atom. The van der Waals surface area contributed by atoms with Crippen LogP contribution in [0.2, 0.25) is 0 Å². The average Bonchev–Trinajstić information content (AvgIpc) is 1.97. The molecule has 0 spiro atoms. The van der Waals surface area contributed by atoms with Crippen molar-refractivity contribution in [3.05, 3.63) is 0 Å². The van der Waals surface area contributed by atoms with Crippen LogP contribution in [0, 0.1) is 0 Å². The molecule has 0 aromatic carbocycles. The third-order valence-electron chi connectivity index (χ3n) is 1.95. The van der Waals surface area contributed by atoms with Gasteiger partial charge in [-0.1, -0.05) is 6.92 Å². The van der Waals surface area contributed by atoms with E-state index in [2.05, 4.69) is 0 Å². The number of nitrogens with two attached hydrogens (primary N) is 1. The van der Waals surface area contributed by atoms with Gasteiger partial charge >= 0.3 is 0 Å². The molecule has 0 rings (SSSR count). The number of rotatable bonds is 5. The molecule has 0 radical (unpaired) electrons. The van der Waals surface area contributed by atoms with Gasteiger partial charge in [0.2, 0.25) is 0 Å². The van der Waals surface area contributed by atoms with E-state index < -0.39 is 9.84 Å². The zero-order valence-corrected chi connectivity index (χ0v) is 8.76. The van der Waals surface area contributed by atoms with E-state index in [-0.39, 0.29) is 5.25 Å². The highest BCUT2D eigenvalue weighted by Crippen LogP contribution is 2.00. The summed E-state index contributed by atoms with van der Waals surface area (Å²) in [4.78, 5) is 1.89. The average molecular weight is 194 g/mol. The highest BCUT2D eigenvalue weighted by Gasteiger charge is 2.16. The molecular weight excluding hydrogens is 176 g/mol. The lowest BCUT2D eigenvalue weighted by atomic mass is 10.4. The predicted molar refractivity (Wildman–Crippen MR) is 50.6 cm³/mol. The quantitative estimate of drug-likeness (QED) is 0.608. The number of hydrogen-bond acceptors (Lipinski definition) is 4. The Morgan fingerprint density at radius 3 is 2.25 bits per heavy atom. The van der Waals surface area contributed by atoms with Crippen molar-refractivity contribution >= 4 is 9.84 Å². The van der Waals surface area contributed by atoms with Crippen LogP contribution in [-0.2, 0) is 9.84 Å². The molecule has 0 amide bonds. The summed E-state index contributed by atoms with van der Waals surface area (Å²) in [6, 6.07) is 0. The predicted octanol–water partition coefficient (Wildman–Crippen LogP) is -0.342. The highest BCUT2D eigenvalue weighted by molar-refractivity contribution is 7.91. The van der Waals surface area contributed by atoms with Gasteiger partial charge < -0.3 is 5.73 Å². The molecule has 2 N–H and O–H groups in total. The molecule has 0 aromatic rings. The van der Waals surface area contributed by atoms with Gasteiger partial charge in [0, 0.05) is 19.5 Å². The van der Waals surface area contributed by atoms with Gasteiger partial charge in [0.1, 0.15) is 0 Å². The summed E-state index contributed by atoms with van der Waals surface area (Å²) in [5.41, 5.74) is 5.41. The minimum Gasteiger partial charge on any atom is -0.318 e. The maximum atomic E-state index is 11.0. The maximum Gasteiger partial charge on any atom is 0.151 e. The van der Waals surface area contributed by atoms with Crippen molar-refractivity contribution in [2.45, 2.75) is 19.1 Å². The first-order valence-corrected chi connectivity index (χ1v) is 5.98. The smallest absolute Gasteiger partial charge is 0.151 e. The Kier molecular flexibility index (Phi) is 4.74. The zero-order valence-electron chi connectivity index (χ0n) is 7.95. The van der Waals surface area contributed by atoms with Crippen molar-refractivity contribution in [3.63, 3.8) is 0 Å². The van der Waals surface area contributed by atoms with Crippen molar-refractivity contribution < 1.29 is 8.42 Å². The van der Waals surface area contributed by atoms with Crippen LogP contribution in [0.25, 0.3) is 0 Å². The first-order chi connectivity index (χ1) is 5.41. The van der Waals surface area contributed by atoms with Gasteiger partial charge in [-0.15, -0.1) is 0 Å². The standard InChI is InChI=1S/C7H18N2O2S/c1-4-9(6-8)5-7(2)12(3,10)11/h7H,4-6,8H2,1-3H3. The summed E-state index contributed by atoms with van der Waals surface area (Å²) >= 11 is 0. The lowest BCUT2D eigenvalue weighted by Crippen LogP contribution is -2.38. The first kappa shape index (κ1) is 11.9. The van der Waals surface area contributed by atoms with E-state index in [9.17, 15) is 8.42 Å². The Bertz CT molecular complexity index is 209. The molecule has 1 unspecified atom stereocenters. The van der Waals surface area contributed by atoms with Crippen LogP contribution in [0.15, 0.2) is 0 Å². The van der Waals surface area contributed by atoms with Crippen LogP contribution in [0.3, 0.4) is 0 Å². The van der Waals surface area contributed by atoms with Crippen LogP contribution in [0.1, 0.15) is 13.8 Å². The second kappa shape index (κ2) is 4.79. The zero-order chi connectivity index (χ0) is 9.78. The lowest BCUT2D eigenvalue weighted by Gasteiger charge is -2.21. The van der Waals surface area contributed by atoms with Crippen LogP contribution in [-0.4, -0.2) is 44.6 Å². The van der Waals surface area contributed by atoms with E-state index in [1.54, 1.807) is 6.92 Å². The van der Waals surface area contributed by atoms with E-state index in [4.69, 9.17) is 5.73 Å². The van der Waals surface area contributed by atoms with Crippen LogP contribution < -0.4 is 5.73 Å². The molecule has 4 nitrogen and oxygen atoms in total. The third kappa shape index (κ3) is 4.04. The van der Waals surface area contributed by atoms with E-state index in [1.165, 1.54) is 6.26 Å². The molecular formula is C7H18N2O2S. The topological polar surface area (TPSA) is 63.4 Å². The second-order valence-corrected chi connectivity index (χ2v) is 5.46. The number of sulfone groups is 1. The Labute approximate surface area is 74.7 Å². The molecule has 0 bridgehead atoms. The Balaban J connectivity index is 4.08. The molecule has 0 heterocycles. The minimum atomic E-state index is -2.92. The molecule has 12 heavy (non-hydrogen) atoms. The second-order valence-electron chi connectivity index (χ2n) is 2.99. The van der Waals surface area contributed by atoms with Crippen molar-refractivity contribution in [1.82, 2.24) is 4.90 Å². The number of hydrogen-bond donors (Lipinski definition) is 1. The molecule has 1 atom stereocenters. The summed E-state index contributed by atoms with van der Waals surface area (Å²) in [7, 11) is -2.92. The van der Waals surface area contributed by atoms with Gasteiger partial charge in [-0.2, -0.15) is 0 Å². The van der Waals surface area contributed by atoms with Crippen LogP contribution in [0.4, 0.5) is 0 Å². The fourth-order valence-electron chi connectivity index (χ4n) is 0.832. The summed E-state index contributed by atoms with van der Waals surface area (Å²) in [6.45, 7) is 5.38. The summed E-state index contributed by atoms with van der Waals surface area (Å²) in [5, 5.41) is -0.332. The fraction of sp³-hybridized carbons (Fsp3) is 1.00. The molecule has 0 saturated carbocycles. The van der Waals surface area contributed by atoms with Gasteiger partial charge in [0.05, 0.1) is 5.25 Å². The first-order valence-electron chi connectivity index (χ1n) is 4.03. The van der Waals surface area contributed by atoms with E-state index >= 15 is 0 Å². The normalized spacial score (nSPS) is 15.1. The molecule has 0 fully saturated rings. The van der Waals surface area contributed by atoms with Gasteiger partial charge in [0.15, 0.2) is 9.84 Å². The lowest BCUT2D eigenvalue weighted by molar-refractivity contribution is 0.298. The molecule has 0 saturated heterocycles. The van der Waals surface area contributed by atoms with Gasteiger partial charge in [0.25, 0.3) is 0 Å². The molecule has 0 aromatic heterocycles. The van der Waals surface area contributed by atoms with E-state index in [1.807, 2.05) is 11.8 Å². The molecule has 5 heteroatoms. The molecule has 0 aliphatic rings. The third-order valence-corrected chi connectivity index (χ3v) is 3.56. The summed E-state index contributed by atoms with van der Waals surface area (Å²) < 4.78 is 22.1. The van der Waals surface area contributed by atoms with E-state index in [0.29, 0.717) is 13.2 Å². The van der Waals surface area contributed by atoms with Crippen molar-refractivity contribution in [2.24, 2.45) is 5.73 Å². The highest BCUT2D eigenvalue weighted by atomic mass is 32.2. The van der Waals surface area contributed by atoms with E-state index in [0.717, 1.165) is 6.54 Å². The van der Waals surface area contributed by atoms with Crippen molar-refractivity contribution in [2.75, 3.05) is 26.0 Å². The Hall–Kier alpha value is -0.130. The molecule has 0 aliphatic heterocycles. The summed E-state index contributed by atoms with van der Waals surface area (Å²) in [6.07, 6.45) is 1.25. The maximum absolute atomic E-state index is 11.0. The van der Waals surface area contributed by atoms with Gasteiger partial charge in [-0.25, -0.2) is 8.42 Å².